The van der Waals surface area contributed by atoms with Gasteiger partial charge in [0.15, 0.2) is 11.5 Å². The van der Waals surface area contributed by atoms with E-state index in [1.807, 2.05) is 0 Å². The molecule has 15 heteroatoms. The number of carbonyl (C=O) groups excluding carboxylic acids is 3. The Bertz CT molecular complexity index is 1540. The summed E-state index contributed by atoms with van der Waals surface area (Å²) in [4.78, 5) is 37.1. The van der Waals surface area contributed by atoms with Crippen molar-refractivity contribution in [2.75, 3.05) is 24.0 Å². The molecule has 0 saturated carbocycles. The van der Waals surface area contributed by atoms with Crippen molar-refractivity contribution in [1.29, 1.82) is 5.41 Å². The summed E-state index contributed by atoms with van der Waals surface area (Å²) >= 11 is 0. The summed E-state index contributed by atoms with van der Waals surface area (Å²) in [6.07, 6.45) is -5.38. The summed E-state index contributed by atoms with van der Waals surface area (Å²) in [5.74, 6) is -4.37. The number of esters is 2. The Kier molecular flexibility index (Phi) is 11.0. The van der Waals surface area contributed by atoms with Gasteiger partial charge in [-0.1, -0.05) is 18.2 Å². The average molecular weight is 631 g/mol. The Balaban J connectivity index is 1.92. The van der Waals surface area contributed by atoms with Gasteiger partial charge in [-0.3, -0.25) is 21.1 Å². The van der Waals surface area contributed by atoms with Crippen LogP contribution in [0.5, 0.6) is 11.5 Å². The van der Waals surface area contributed by atoms with Gasteiger partial charge in [-0.05, 0) is 74.9 Å². The predicted octanol–water partition coefficient (Wildman–Crippen LogP) is 4.03. The largest absolute Gasteiger partial charge is 0.491 e. The van der Waals surface area contributed by atoms with E-state index in [0.717, 1.165) is 6.07 Å². The second-order valence-corrected chi connectivity index (χ2v) is 10.3. The zero-order valence-corrected chi connectivity index (χ0v) is 24.6. The van der Waals surface area contributed by atoms with Crippen molar-refractivity contribution < 1.29 is 41.8 Å². The number of hydrogen-bond acceptors (Lipinski definition) is 10. The minimum absolute atomic E-state index is 0.140. The lowest BCUT2D eigenvalue weighted by Gasteiger charge is -2.24. The molecule has 0 bridgehead atoms. The highest BCUT2D eigenvalue weighted by Gasteiger charge is 2.42. The van der Waals surface area contributed by atoms with E-state index < -0.39 is 41.2 Å². The summed E-state index contributed by atoms with van der Waals surface area (Å²) in [5.41, 5.74) is 16.6. The number of nitrogens with two attached hydrogens (primary N) is 2. The van der Waals surface area contributed by atoms with Crippen molar-refractivity contribution in [3.05, 3.63) is 83.4 Å². The van der Waals surface area contributed by atoms with Crippen molar-refractivity contribution in [3.63, 3.8) is 0 Å². The van der Waals surface area contributed by atoms with Crippen LogP contribution in [-0.4, -0.2) is 48.6 Å². The molecule has 0 radical (unpaired) electrons. The molecule has 0 aliphatic heterocycles. The molecule has 3 aromatic rings. The Morgan fingerprint density at radius 2 is 1.62 bits per heavy atom. The molecular weight excluding hydrogens is 597 g/mol. The maximum Gasteiger partial charge on any atom is 0.491 e. The number of amides is 1. The number of rotatable bonds is 13. The molecule has 240 valence electrons. The Hall–Kier alpha value is -5.31. The molecule has 45 heavy (non-hydrogen) atoms. The molecule has 0 aliphatic carbocycles. The second-order valence-electron chi connectivity index (χ2n) is 10.3. The van der Waals surface area contributed by atoms with Gasteiger partial charge in [-0.25, -0.2) is 9.59 Å². The predicted molar refractivity (Wildman–Crippen MR) is 160 cm³/mol. The fourth-order valence-electron chi connectivity index (χ4n) is 3.74. The number of carbonyl (C=O) groups is 3. The Morgan fingerprint density at radius 1 is 0.956 bits per heavy atom. The van der Waals surface area contributed by atoms with Crippen LogP contribution >= 0.6 is 0 Å². The number of ether oxygens (including phenoxy) is 3. The number of benzene rings is 3. The van der Waals surface area contributed by atoms with Crippen LogP contribution in [0.2, 0.25) is 0 Å². The van der Waals surface area contributed by atoms with Crippen LogP contribution in [-0.2, 0) is 14.3 Å². The lowest BCUT2D eigenvalue weighted by Crippen LogP contribution is -2.39. The van der Waals surface area contributed by atoms with Gasteiger partial charge >= 0.3 is 18.1 Å². The van der Waals surface area contributed by atoms with Crippen molar-refractivity contribution in [2.45, 2.75) is 38.5 Å². The van der Waals surface area contributed by atoms with Gasteiger partial charge in [0.2, 0.25) is 0 Å². The number of nitrogens with one attached hydrogen (secondary N) is 4. The van der Waals surface area contributed by atoms with Gasteiger partial charge < -0.3 is 31.0 Å². The monoisotopic (exact) mass is 630 g/mol. The van der Waals surface area contributed by atoms with Gasteiger partial charge in [-0.2, -0.15) is 13.2 Å². The van der Waals surface area contributed by atoms with E-state index in [1.165, 1.54) is 18.2 Å². The molecule has 1 amide bonds. The van der Waals surface area contributed by atoms with Crippen LogP contribution in [0.1, 0.15) is 48.3 Å². The fraction of sp³-hybridized carbons (Fsp3) is 0.267. The van der Waals surface area contributed by atoms with Crippen LogP contribution in [0, 0.1) is 5.41 Å². The maximum absolute atomic E-state index is 13.6. The molecule has 12 nitrogen and oxygen atoms in total. The lowest BCUT2D eigenvalue weighted by molar-refractivity contribution is -0.193. The standard InChI is InChI=1S/C30H33F3N6O6/c1-4-43-23-15-18(11-14-22(23)44-16-29(2,3)36)24(37-19-12-9-17(10-13-19)25(34)35)26(40)39-38-21-8-6-5-7-20(21)27(41)45-28(42)30(31,32)33/h5-15,24,37-38H,4,16,36H2,1-3H3,(H3,34,35)(H,39,40). The summed E-state index contributed by atoms with van der Waals surface area (Å²) in [6, 6.07) is 15.3. The number of anilines is 2. The van der Waals surface area contributed by atoms with Crippen molar-refractivity contribution in [3.8, 4) is 11.5 Å². The van der Waals surface area contributed by atoms with Crippen LogP contribution in [0.3, 0.4) is 0 Å². The molecule has 0 saturated heterocycles. The first-order valence-corrected chi connectivity index (χ1v) is 13.5. The number of para-hydroxylation sites is 1. The highest BCUT2D eigenvalue weighted by molar-refractivity contribution is 6.02. The van der Waals surface area contributed by atoms with E-state index in [-0.39, 0.29) is 24.7 Å². The van der Waals surface area contributed by atoms with E-state index >= 15 is 0 Å². The summed E-state index contributed by atoms with van der Waals surface area (Å²) in [7, 11) is 0. The van der Waals surface area contributed by atoms with Crippen LogP contribution in [0.15, 0.2) is 66.7 Å². The quantitative estimate of drug-likeness (QED) is 0.0529. The lowest BCUT2D eigenvalue weighted by atomic mass is 10.0. The summed E-state index contributed by atoms with van der Waals surface area (Å²) < 4.78 is 53.4. The molecule has 0 aromatic heterocycles. The normalized spacial score (nSPS) is 12.0. The van der Waals surface area contributed by atoms with Crippen molar-refractivity contribution >= 4 is 35.1 Å². The highest BCUT2D eigenvalue weighted by Crippen LogP contribution is 2.33. The maximum atomic E-state index is 13.6. The molecule has 8 N–H and O–H groups in total. The summed E-state index contributed by atoms with van der Waals surface area (Å²) in [5, 5.41) is 10.7. The van der Waals surface area contributed by atoms with Gasteiger partial charge in [0.05, 0.1) is 17.9 Å². The molecule has 0 spiro atoms. The molecule has 0 aliphatic rings. The van der Waals surface area contributed by atoms with E-state index in [1.54, 1.807) is 63.2 Å². The van der Waals surface area contributed by atoms with E-state index in [9.17, 15) is 27.6 Å². The smallest absolute Gasteiger partial charge is 0.490 e. The first-order valence-electron chi connectivity index (χ1n) is 13.5. The minimum Gasteiger partial charge on any atom is -0.490 e. The van der Waals surface area contributed by atoms with Crippen LogP contribution < -0.4 is 37.1 Å². The first kappa shape index (κ1) is 34.2. The Labute approximate surface area is 256 Å². The van der Waals surface area contributed by atoms with E-state index in [2.05, 4.69) is 20.9 Å². The zero-order valence-electron chi connectivity index (χ0n) is 24.6. The number of amidine groups is 1. The highest BCUT2D eigenvalue weighted by atomic mass is 19.4. The third-order valence-electron chi connectivity index (χ3n) is 5.85. The molecule has 0 heterocycles. The molecule has 0 fully saturated rings. The third-order valence-corrected chi connectivity index (χ3v) is 5.85. The number of halogens is 3. The third kappa shape index (κ3) is 9.86. The minimum atomic E-state index is -5.38. The van der Waals surface area contributed by atoms with Gasteiger partial charge in [0.25, 0.3) is 5.91 Å². The number of hydrogen-bond donors (Lipinski definition) is 6. The van der Waals surface area contributed by atoms with E-state index in [0.29, 0.717) is 28.3 Å². The van der Waals surface area contributed by atoms with Crippen LogP contribution in [0.25, 0.3) is 0 Å². The van der Waals surface area contributed by atoms with Crippen molar-refractivity contribution in [1.82, 2.24) is 5.43 Å². The second kappa shape index (κ2) is 14.4. The molecule has 1 unspecified atom stereocenters. The number of alkyl halides is 3. The average Bonchev–Trinajstić information content (AvgIpc) is 2.97. The molecule has 3 aromatic carbocycles. The summed E-state index contributed by atoms with van der Waals surface area (Å²) in [6.45, 7) is 5.83. The fourth-order valence-corrected chi connectivity index (χ4v) is 3.74. The van der Waals surface area contributed by atoms with Crippen LogP contribution in [0.4, 0.5) is 24.5 Å². The first-order chi connectivity index (χ1) is 21.1. The number of nitrogen functional groups attached to an aromatic ring is 1. The van der Waals surface area contributed by atoms with Gasteiger partial charge in [-0.15, -0.1) is 0 Å². The molecule has 1 atom stereocenters. The molecular formula is C30H33F3N6O6. The topological polar surface area (TPSA) is 191 Å². The van der Waals surface area contributed by atoms with Gasteiger partial charge in [0.1, 0.15) is 18.5 Å². The molecule has 3 rings (SSSR count). The van der Waals surface area contributed by atoms with Gasteiger partial charge in [0, 0.05) is 16.8 Å². The number of hydrazine groups is 1. The zero-order chi connectivity index (χ0) is 33.4. The van der Waals surface area contributed by atoms with Crippen molar-refractivity contribution in [2.24, 2.45) is 11.5 Å². The SMILES string of the molecule is CCOc1cc(C(Nc2ccc(C(=N)N)cc2)C(=O)NNc2ccccc2C(=O)OC(=O)C(F)(F)F)ccc1OCC(C)(C)N. The Morgan fingerprint density at radius 3 is 2.22 bits per heavy atom. The van der Waals surface area contributed by atoms with E-state index in [4.69, 9.17) is 26.4 Å².